The van der Waals surface area contributed by atoms with E-state index in [4.69, 9.17) is 4.42 Å². The van der Waals surface area contributed by atoms with E-state index < -0.39 is 6.36 Å². The fourth-order valence-corrected chi connectivity index (χ4v) is 3.64. The molecule has 0 aliphatic carbocycles. The lowest BCUT2D eigenvalue weighted by Gasteiger charge is -2.14. The van der Waals surface area contributed by atoms with E-state index >= 15 is 0 Å². The molecule has 2 aromatic heterocycles. The van der Waals surface area contributed by atoms with Crippen LogP contribution < -0.4 is 4.74 Å². The molecule has 1 unspecified atom stereocenters. The average molecular weight is 409 g/mol. The predicted molar refractivity (Wildman–Crippen MR) is 100 cm³/mol. The highest BCUT2D eigenvalue weighted by Gasteiger charge is 2.31. The summed E-state index contributed by atoms with van der Waals surface area (Å²) in [5.74, 6) is 1.17. The van der Waals surface area contributed by atoms with Crippen molar-refractivity contribution in [2.75, 3.05) is 0 Å². The number of aryl methyl sites for hydroxylation is 1. The third-order valence-corrected chi connectivity index (χ3v) is 5.13. The van der Waals surface area contributed by atoms with Crippen molar-refractivity contribution in [1.82, 2.24) is 14.8 Å². The molecule has 2 heterocycles. The van der Waals surface area contributed by atoms with Crippen LogP contribution in [0.3, 0.4) is 0 Å². The second-order valence-corrected chi connectivity index (χ2v) is 7.28. The van der Waals surface area contributed by atoms with E-state index in [-0.39, 0.29) is 11.0 Å². The quantitative estimate of drug-likeness (QED) is 0.365. The van der Waals surface area contributed by atoms with Gasteiger partial charge in [0.25, 0.3) is 0 Å². The van der Waals surface area contributed by atoms with Crippen LogP contribution in [0.1, 0.15) is 23.5 Å². The molecule has 1 aromatic carbocycles. The number of halogens is 3. The lowest BCUT2D eigenvalue weighted by molar-refractivity contribution is -0.274. The van der Waals surface area contributed by atoms with Crippen LogP contribution in [0.5, 0.6) is 5.75 Å². The van der Waals surface area contributed by atoms with E-state index in [0.29, 0.717) is 17.5 Å². The van der Waals surface area contributed by atoms with Crippen molar-refractivity contribution in [2.45, 2.75) is 37.2 Å². The second-order valence-electron chi connectivity index (χ2n) is 5.97. The minimum Gasteiger partial charge on any atom is -0.469 e. The Morgan fingerprint density at radius 3 is 2.54 bits per heavy atom. The number of thioether (sulfide) groups is 1. The highest BCUT2D eigenvalue weighted by Crippen LogP contribution is 2.37. The largest absolute Gasteiger partial charge is 0.573 e. The van der Waals surface area contributed by atoms with Gasteiger partial charge in [0.2, 0.25) is 0 Å². The summed E-state index contributed by atoms with van der Waals surface area (Å²) in [5.41, 5.74) is 1.69. The van der Waals surface area contributed by atoms with Crippen LogP contribution in [0.2, 0.25) is 0 Å². The molecule has 3 aromatic rings. The number of nitrogens with zero attached hydrogens (tertiary/aromatic N) is 3. The van der Waals surface area contributed by atoms with Gasteiger partial charge >= 0.3 is 6.36 Å². The third-order valence-electron chi connectivity index (χ3n) is 3.99. The Morgan fingerprint density at radius 1 is 1.25 bits per heavy atom. The lowest BCUT2D eigenvalue weighted by atomic mass is 10.2. The molecule has 5 nitrogen and oxygen atoms in total. The molecular formula is C19H18F3N3O2S. The zero-order valence-corrected chi connectivity index (χ0v) is 16.0. The highest BCUT2D eigenvalue weighted by molar-refractivity contribution is 7.99. The standard InChI is InChI=1S/C19H18F3N3O2S/c1-4-10-25-17(16-9-11-26-12(16)2)23-24-18(25)28-13(3)14-5-7-15(8-6-14)27-19(20,21)22/h4-9,11,13H,1,10H2,2-3H3. The van der Waals surface area contributed by atoms with E-state index in [1.54, 1.807) is 24.5 Å². The first-order chi connectivity index (χ1) is 13.3. The lowest BCUT2D eigenvalue weighted by Crippen LogP contribution is -2.17. The summed E-state index contributed by atoms with van der Waals surface area (Å²) >= 11 is 1.45. The molecule has 0 amide bonds. The summed E-state index contributed by atoms with van der Waals surface area (Å²) in [6.07, 6.45) is -1.36. The normalized spacial score (nSPS) is 12.8. The van der Waals surface area contributed by atoms with Crippen LogP contribution in [0.15, 0.2) is 58.8 Å². The number of hydrogen-bond donors (Lipinski definition) is 0. The van der Waals surface area contributed by atoms with Crippen molar-refractivity contribution in [1.29, 1.82) is 0 Å². The molecule has 0 saturated carbocycles. The van der Waals surface area contributed by atoms with Gasteiger partial charge in [-0.15, -0.1) is 29.9 Å². The number of ether oxygens (including phenoxy) is 1. The van der Waals surface area contributed by atoms with Gasteiger partial charge in [-0.1, -0.05) is 30.0 Å². The monoisotopic (exact) mass is 409 g/mol. The van der Waals surface area contributed by atoms with Crippen LogP contribution in [0.4, 0.5) is 13.2 Å². The van der Waals surface area contributed by atoms with Gasteiger partial charge in [-0.05, 0) is 37.6 Å². The van der Waals surface area contributed by atoms with Crippen LogP contribution in [0, 0.1) is 6.92 Å². The van der Waals surface area contributed by atoms with Gasteiger partial charge in [0, 0.05) is 11.8 Å². The average Bonchev–Trinajstić information content (AvgIpc) is 3.21. The maximum absolute atomic E-state index is 12.3. The van der Waals surface area contributed by atoms with Gasteiger partial charge in [-0.25, -0.2) is 0 Å². The van der Waals surface area contributed by atoms with Crippen LogP contribution in [-0.2, 0) is 6.54 Å². The first kappa shape index (κ1) is 20.1. The maximum Gasteiger partial charge on any atom is 0.573 e. The number of benzene rings is 1. The molecule has 9 heteroatoms. The number of allylic oxidation sites excluding steroid dienone is 1. The molecule has 0 saturated heterocycles. The predicted octanol–water partition coefficient (Wildman–Crippen LogP) is 5.78. The number of rotatable bonds is 7. The first-order valence-electron chi connectivity index (χ1n) is 8.39. The molecule has 1 atom stereocenters. The Hall–Kier alpha value is -2.68. The fraction of sp³-hybridized carbons (Fsp3) is 0.263. The van der Waals surface area contributed by atoms with Crippen molar-refractivity contribution in [3.8, 4) is 17.1 Å². The van der Waals surface area contributed by atoms with Gasteiger partial charge < -0.3 is 9.15 Å². The Labute approximate surface area is 164 Å². The van der Waals surface area contributed by atoms with Crippen LogP contribution in [0.25, 0.3) is 11.4 Å². The van der Waals surface area contributed by atoms with E-state index in [1.165, 1.54) is 23.9 Å². The van der Waals surface area contributed by atoms with Gasteiger partial charge in [0.1, 0.15) is 11.5 Å². The number of aromatic nitrogens is 3. The van der Waals surface area contributed by atoms with Crippen LogP contribution in [-0.4, -0.2) is 21.1 Å². The minimum absolute atomic E-state index is 0.0639. The molecule has 28 heavy (non-hydrogen) atoms. The summed E-state index contributed by atoms with van der Waals surface area (Å²) in [6.45, 7) is 8.09. The van der Waals surface area contributed by atoms with Gasteiger partial charge in [-0.3, -0.25) is 4.57 Å². The Kier molecular flexibility index (Phi) is 5.83. The third kappa shape index (κ3) is 4.59. The molecule has 0 radical (unpaired) electrons. The zero-order chi connectivity index (χ0) is 20.3. The summed E-state index contributed by atoms with van der Waals surface area (Å²) in [4.78, 5) is 0. The summed E-state index contributed by atoms with van der Waals surface area (Å²) in [6, 6.07) is 7.64. The van der Waals surface area contributed by atoms with Crippen molar-refractivity contribution in [3.05, 3.63) is 60.6 Å². The fourth-order valence-electron chi connectivity index (χ4n) is 2.65. The van der Waals surface area contributed by atoms with Crippen molar-refractivity contribution >= 4 is 11.8 Å². The zero-order valence-electron chi connectivity index (χ0n) is 15.2. The van der Waals surface area contributed by atoms with Crippen molar-refractivity contribution < 1.29 is 22.3 Å². The molecule has 0 N–H and O–H groups in total. The smallest absolute Gasteiger partial charge is 0.469 e. The van der Waals surface area contributed by atoms with Crippen molar-refractivity contribution in [2.24, 2.45) is 0 Å². The Bertz CT molecular complexity index is 948. The number of alkyl halides is 3. The van der Waals surface area contributed by atoms with Crippen molar-refractivity contribution in [3.63, 3.8) is 0 Å². The van der Waals surface area contributed by atoms with Gasteiger partial charge in [0.15, 0.2) is 11.0 Å². The Balaban J connectivity index is 1.80. The molecule has 0 bridgehead atoms. The summed E-state index contributed by atoms with van der Waals surface area (Å²) in [5, 5.41) is 9.17. The van der Waals surface area contributed by atoms with E-state index in [9.17, 15) is 13.2 Å². The van der Waals surface area contributed by atoms with Gasteiger partial charge in [0.05, 0.1) is 11.8 Å². The second kappa shape index (κ2) is 8.14. The molecule has 148 valence electrons. The minimum atomic E-state index is -4.70. The molecule has 0 fully saturated rings. The first-order valence-corrected chi connectivity index (χ1v) is 9.27. The molecule has 0 aliphatic rings. The molecule has 0 spiro atoms. The summed E-state index contributed by atoms with van der Waals surface area (Å²) in [7, 11) is 0. The topological polar surface area (TPSA) is 53.1 Å². The summed E-state index contributed by atoms with van der Waals surface area (Å²) < 4.78 is 48.1. The number of hydrogen-bond acceptors (Lipinski definition) is 5. The highest BCUT2D eigenvalue weighted by atomic mass is 32.2. The molecule has 3 rings (SSSR count). The van der Waals surface area contributed by atoms with E-state index in [0.717, 1.165) is 16.9 Å². The molecule has 0 aliphatic heterocycles. The van der Waals surface area contributed by atoms with E-state index in [1.807, 2.05) is 24.5 Å². The SMILES string of the molecule is C=CCn1c(SC(C)c2ccc(OC(F)(F)F)cc2)nnc1-c1ccoc1C. The maximum atomic E-state index is 12.3. The number of furan rings is 1. The Morgan fingerprint density at radius 2 is 1.96 bits per heavy atom. The van der Waals surface area contributed by atoms with Gasteiger partial charge in [-0.2, -0.15) is 0 Å². The van der Waals surface area contributed by atoms with E-state index in [2.05, 4.69) is 21.5 Å². The molecular weight excluding hydrogens is 391 g/mol. The van der Waals surface area contributed by atoms with Crippen LogP contribution >= 0.6 is 11.8 Å².